The second kappa shape index (κ2) is 5.79. The molecule has 0 amide bonds. The van der Waals surface area contributed by atoms with Crippen LogP contribution in [0.5, 0.6) is 0 Å². The molecule has 0 saturated heterocycles. The summed E-state index contributed by atoms with van der Waals surface area (Å²) >= 11 is 3.50. The predicted molar refractivity (Wildman–Crippen MR) is 82.8 cm³/mol. The first-order valence-corrected chi connectivity index (χ1v) is 6.80. The van der Waals surface area contributed by atoms with Crippen molar-refractivity contribution in [3.63, 3.8) is 0 Å². The molecule has 0 saturated carbocycles. The molecular formula is C15H11BrN4. The molecule has 2 heterocycles. The van der Waals surface area contributed by atoms with Crippen molar-refractivity contribution in [2.75, 3.05) is 3.93 Å². The van der Waals surface area contributed by atoms with Gasteiger partial charge in [0.05, 0.1) is 27.5 Å². The van der Waals surface area contributed by atoms with Crippen molar-refractivity contribution >= 4 is 27.8 Å². The van der Waals surface area contributed by atoms with Gasteiger partial charge in [-0.1, -0.05) is 18.2 Å². The highest BCUT2D eigenvalue weighted by molar-refractivity contribution is 9.10. The molecule has 98 valence electrons. The van der Waals surface area contributed by atoms with E-state index in [-0.39, 0.29) is 0 Å². The van der Waals surface area contributed by atoms with Crippen molar-refractivity contribution in [2.24, 2.45) is 0 Å². The third-order valence-corrected chi connectivity index (χ3v) is 3.50. The summed E-state index contributed by atoms with van der Waals surface area (Å²) < 4.78 is 1.78. The fraction of sp³-hybridized carbons (Fsp3) is 0. The standard InChI is InChI=1S/C15H11BrN4/c16-20(13-4-2-1-3-5-13)15-18-11-8-14(19-15)12-6-9-17-10-7-12/h1-11H. The number of anilines is 2. The van der Waals surface area contributed by atoms with Crippen LogP contribution in [0.4, 0.5) is 11.6 Å². The third kappa shape index (κ3) is 2.67. The first-order chi connectivity index (χ1) is 9.84. The molecule has 0 atom stereocenters. The van der Waals surface area contributed by atoms with Crippen LogP contribution in [0.15, 0.2) is 67.1 Å². The number of benzene rings is 1. The number of hydrogen-bond donors (Lipinski definition) is 0. The van der Waals surface area contributed by atoms with Gasteiger partial charge in [-0.25, -0.2) is 13.9 Å². The number of hydrogen-bond acceptors (Lipinski definition) is 4. The molecule has 0 fully saturated rings. The van der Waals surface area contributed by atoms with Crippen molar-refractivity contribution in [3.8, 4) is 11.3 Å². The van der Waals surface area contributed by atoms with E-state index in [1.807, 2.05) is 48.5 Å². The number of nitrogens with zero attached hydrogens (tertiary/aromatic N) is 4. The van der Waals surface area contributed by atoms with E-state index < -0.39 is 0 Å². The van der Waals surface area contributed by atoms with Gasteiger partial charge >= 0.3 is 0 Å². The van der Waals surface area contributed by atoms with Gasteiger partial charge < -0.3 is 0 Å². The van der Waals surface area contributed by atoms with Crippen LogP contribution in [0.3, 0.4) is 0 Å². The Hall–Kier alpha value is -2.27. The Labute approximate surface area is 125 Å². The molecule has 0 aliphatic rings. The maximum Gasteiger partial charge on any atom is 0.240 e. The lowest BCUT2D eigenvalue weighted by Crippen LogP contribution is -2.05. The summed E-state index contributed by atoms with van der Waals surface area (Å²) in [5.74, 6) is 0.588. The number of halogens is 1. The summed E-state index contributed by atoms with van der Waals surface area (Å²) in [5, 5.41) is 0. The summed E-state index contributed by atoms with van der Waals surface area (Å²) in [6, 6.07) is 15.6. The van der Waals surface area contributed by atoms with Crippen LogP contribution in [-0.4, -0.2) is 15.0 Å². The van der Waals surface area contributed by atoms with Gasteiger partial charge in [-0.05, 0) is 30.3 Å². The van der Waals surface area contributed by atoms with Crippen molar-refractivity contribution in [1.29, 1.82) is 0 Å². The topological polar surface area (TPSA) is 41.9 Å². The summed E-state index contributed by atoms with van der Waals surface area (Å²) in [5.41, 5.74) is 2.84. The predicted octanol–water partition coefficient (Wildman–Crippen LogP) is 3.99. The Morgan fingerprint density at radius 2 is 1.60 bits per heavy atom. The molecule has 0 aliphatic heterocycles. The molecule has 1 aromatic carbocycles. The summed E-state index contributed by atoms with van der Waals surface area (Å²) in [4.78, 5) is 12.9. The van der Waals surface area contributed by atoms with Gasteiger partial charge in [0.1, 0.15) is 0 Å². The van der Waals surface area contributed by atoms with Gasteiger partial charge in [-0.2, -0.15) is 0 Å². The van der Waals surface area contributed by atoms with E-state index in [9.17, 15) is 0 Å². The van der Waals surface area contributed by atoms with E-state index in [2.05, 4.69) is 31.1 Å². The minimum absolute atomic E-state index is 0.588. The number of para-hydroxylation sites is 1. The monoisotopic (exact) mass is 326 g/mol. The molecule has 0 spiro atoms. The summed E-state index contributed by atoms with van der Waals surface area (Å²) in [6.07, 6.45) is 5.25. The molecule has 0 aliphatic carbocycles. The molecule has 2 aromatic heterocycles. The Kier molecular flexibility index (Phi) is 3.69. The highest BCUT2D eigenvalue weighted by Gasteiger charge is 2.09. The van der Waals surface area contributed by atoms with Crippen LogP contribution in [0.25, 0.3) is 11.3 Å². The average Bonchev–Trinajstić information content (AvgIpc) is 2.56. The minimum Gasteiger partial charge on any atom is -0.265 e. The van der Waals surface area contributed by atoms with Crippen LogP contribution in [-0.2, 0) is 0 Å². The largest absolute Gasteiger partial charge is 0.265 e. The van der Waals surface area contributed by atoms with E-state index in [1.165, 1.54) is 0 Å². The maximum atomic E-state index is 4.56. The highest BCUT2D eigenvalue weighted by atomic mass is 79.9. The lowest BCUT2D eigenvalue weighted by molar-refractivity contribution is 1.14. The van der Waals surface area contributed by atoms with Crippen LogP contribution in [0, 0.1) is 0 Å². The van der Waals surface area contributed by atoms with Crippen molar-refractivity contribution < 1.29 is 0 Å². The average molecular weight is 327 g/mol. The zero-order valence-electron chi connectivity index (χ0n) is 10.5. The molecule has 0 unspecified atom stereocenters. The molecule has 5 heteroatoms. The van der Waals surface area contributed by atoms with Crippen LogP contribution < -0.4 is 3.93 Å². The summed E-state index contributed by atoms with van der Waals surface area (Å²) in [7, 11) is 0. The van der Waals surface area contributed by atoms with E-state index in [1.54, 1.807) is 22.5 Å². The Morgan fingerprint density at radius 3 is 2.35 bits per heavy atom. The van der Waals surface area contributed by atoms with Gasteiger partial charge in [-0.3, -0.25) is 4.98 Å². The number of pyridine rings is 1. The van der Waals surface area contributed by atoms with Crippen molar-refractivity contribution in [2.45, 2.75) is 0 Å². The molecule has 3 aromatic rings. The normalized spacial score (nSPS) is 10.2. The van der Waals surface area contributed by atoms with Crippen LogP contribution >= 0.6 is 16.1 Å². The van der Waals surface area contributed by atoms with Crippen molar-refractivity contribution in [3.05, 3.63) is 67.1 Å². The Bertz CT molecular complexity index is 689. The Balaban J connectivity index is 1.96. The van der Waals surface area contributed by atoms with Crippen molar-refractivity contribution in [1.82, 2.24) is 15.0 Å². The van der Waals surface area contributed by atoms with E-state index >= 15 is 0 Å². The van der Waals surface area contributed by atoms with Gasteiger partial charge in [0, 0.05) is 24.2 Å². The van der Waals surface area contributed by atoms with Crippen LogP contribution in [0.1, 0.15) is 0 Å². The molecule has 4 nitrogen and oxygen atoms in total. The van der Waals surface area contributed by atoms with E-state index in [0.29, 0.717) is 5.95 Å². The second-order valence-electron chi connectivity index (χ2n) is 4.09. The zero-order valence-corrected chi connectivity index (χ0v) is 12.1. The third-order valence-electron chi connectivity index (χ3n) is 2.78. The lowest BCUT2D eigenvalue weighted by atomic mass is 10.2. The molecule has 3 rings (SSSR count). The van der Waals surface area contributed by atoms with E-state index in [0.717, 1.165) is 16.9 Å². The molecule has 20 heavy (non-hydrogen) atoms. The first-order valence-electron chi connectivity index (χ1n) is 6.09. The fourth-order valence-corrected chi connectivity index (χ4v) is 2.21. The second-order valence-corrected chi connectivity index (χ2v) is 4.80. The molecule has 0 radical (unpaired) electrons. The van der Waals surface area contributed by atoms with E-state index in [4.69, 9.17) is 0 Å². The molecule has 0 N–H and O–H groups in total. The number of aromatic nitrogens is 3. The SMILES string of the molecule is BrN(c1ccccc1)c1nccc(-c2ccncc2)n1. The Morgan fingerprint density at radius 1 is 0.850 bits per heavy atom. The van der Waals surface area contributed by atoms with Gasteiger partial charge in [0.2, 0.25) is 5.95 Å². The first kappa shape index (κ1) is 12.7. The maximum absolute atomic E-state index is 4.56. The number of rotatable bonds is 3. The highest BCUT2D eigenvalue weighted by Crippen LogP contribution is 2.27. The lowest BCUT2D eigenvalue weighted by Gasteiger charge is -2.14. The van der Waals surface area contributed by atoms with Gasteiger partial charge in [0.15, 0.2) is 0 Å². The minimum atomic E-state index is 0.588. The smallest absolute Gasteiger partial charge is 0.240 e. The fourth-order valence-electron chi connectivity index (χ4n) is 1.80. The van der Waals surface area contributed by atoms with Gasteiger partial charge in [-0.15, -0.1) is 0 Å². The summed E-state index contributed by atoms with van der Waals surface area (Å²) in [6.45, 7) is 0. The molecular weight excluding hydrogens is 316 g/mol. The van der Waals surface area contributed by atoms with Gasteiger partial charge in [0.25, 0.3) is 0 Å². The quantitative estimate of drug-likeness (QED) is 0.682. The molecule has 0 bridgehead atoms. The zero-order chi connectivity index (χ0) is 13.8. The van der Waals surface area contributed by atoms with Crippen LogP contribution in [0.2, 0.25) is 0 Å².